The first-order chi connectivity index (χ1) is 12.9. The number of benzene rings is 1. The Morgan fingerprint density at radius 1 is 1.19 bits per heavy atom. The minimum atomic E-state index is -0.543. The Bertz CT molecular complexity index is 559. The fraction of sp³-hybridized carbons (Fsp3) is 0.714. The van der Waals surface area contributed by atoms with Gasteiger partial charge in [0.25, 0.3) is 0 Å². The summed E-state index contributed by atoms with van der Waals surface area (Å²) in [5.41, 5.74) is 1.19. The summed E-state index contributed by atoms with van der Waals surface area (Å²) in [6, 6.07) is 6.44. The van der Waals surface area contributed by atoms with E-state index in [9.17, 15) is 5.11 Å². The van der Waals surface area contributed by atoms with Crippen LogP contribution in [0.3, 0.4) is 0 Å². The molecule has 0 aromatic heterocycles. The van der Waals surface area contributed by atoms with Gasteiger partial charge in [-0.15, -0.1) is 0 Å². The van der Waals surface area contributed by atoms with Crippen LogP contribution in [0.4, 0.5) is 0 Å². The van der Waals surface area contributed by atoms with Crippen molar-refractivity contribution in [3.63, 3.8) is 0 Å². The molecule has 1 atom stereocenters. The van der Waals surface area contributed by atoms with E-state index < -0.39 is 6.10 Å². The predicted octanol–water partition coefficient (Wildman–Crippen LogP) is 2.39. The van der Waals surface area contributed by atoms with Crippen molar-refractivity contribution in [2.75, 3.05) is 47.5 Å². The maximum absolute atomic E-state index is 10.2. The van der Waals surface area contributed by atoms with E-state index in [0.29, 0.717) is 30.2 Å². The van der Waals surface area contributed by atoms with E-state index in [4.69, 9.17) is 14.2 Å². The number of hydrogen-bond acceptors (Lipinski definition) is 6. The van der Waals surface area contributed by atoms with Crippen LogP contribution in [0.1, 0.15) is 32.3 Å². The molecule has 2 rings (SSSR count). The molecule has 0 spiro atoms. The topological polar surface area (TPSA) is 54.4 Å². The van der Waals surface area contributed by atoms with Gasteiger partial charge in [0.05, 0.1) is 13.2 Å². The highest BCUT2D eigenvalue weighted by atomic mass is 16.5. The van der Waals surface area contributed by atoms with Gasteiger partial charge in [-0.1, -0.05) is 6.07 Å². The zero-order valence-corrected chi connectivity index (χ0v) is 17.5. The second-order valence-corrected chi connectivity index (χ2v) is 7.69. The number of aliphatic hydroxyl groups is 1. The monoisotopic (exact) mass is 380 g/mol. The lowest BCUT2D eigenvalue weighted by molar-refractivity contribution is 0.0388. The molecule has 0 radical (unpaired) electrons. The molecule has 1 aliphatic rings. The summed E-state index contributed by atoms with van der Waals surface area (Å²) in [7, 11) is 5.43. The second kappa shape index (κ2) is 10.9. The van der Waals surface area contributed by atoms with Gasteiger partial charge in [0, 0.05) is 39.3 Å². The molecule has 0 amide bonds. The van der Waals surface area contributed by atoms with Crippen molar-refractivity contribution in [3.8, 4) is 11.5 Å². The summed E-state index contributed by atoms with van der Waals surface area (Å²) in [4.78, 5) is 4.54. The van der Waals surface area contributed by atoms with Gasteiger partial charge in [-0.05, 0) is 51.4 Å². The molecular formula is C21H36N2O4. The normalized spacial score (nSPS) is 17.5. The van der Waals surface area contributed by atoms with Crippen LogP contribution in [0.25, 0.3) is 0 Å². The molecule has 1 heterocycles. The zero-order chi connectivity index (χ0) is 19.8. The standard InChI is InChI=1S/C21H36N2O4/c1-16(2)22(3)14-18(24)15-27-21-12-17(6-7-20(21)26-5)13-23-10-8-19(25-4)9-11-23/h6-7,12,16,18-19,24H,8-11,13-15H2,1-5H3/t18-/m0/s1. The molecule has 1 fully saturated rings. The predicted molar refractivity (Wildman–Crippen MR) is 108 cm³/mol. The lowest BCUT2D eigenvalue weighted by atomic mass is 10.1. The molecule has 1 saturated heterocycles. The molecule has 1 aliphatic heterocycles. The fourth-order valence-electron chi connectivity index (χ4n) is 3.28. The molecule has 6 heteroatoms. The van der Waals surface area contributed by atoms with E-state index in [2.05, 4.69) is 29.7 Å². The van der Waals surface area contributed by atoms with Crippen molar-refractivity contribution < 1.29 is 19.3 Å². The third kappa shape index (κ3) is 6.96. The number of rotatable bonds is 10. The van der Waals surface area contributed by atoms with Gasteiger partial charge in [-0.3, -0.25) is 4.90 Å². The number of likely N-dealkylation sites (N-methyl/N-ethyl adjacent to an activating group) is 1. The molecule has 154 valence electrons. The van der Waals surface area contributed by atoms with Crippen LogP contribution in [-0.2, 0) is 11.3 Å². The van der Waals surface area contributed by atoms with Gasteiger partial charge in [0.2, 0.25) is 0 Å². The Hall–Kier alpha value is -1.34. The summed E-state index contributed by atoms with van der Waals surface area (Å²) in [5, 5.41) is 10.2. The van der Waals surface area contributed by atoms with E-state index in [1.807, 2.05) is 19.2 Å². The van der Waals surface area contributed by atoms with E-state index >= 15 is 0 Å². The van der Waals surface area contributed by atoms with Crippen molar-refractivity contribution in [2.45, 2.75) is 51.5 Å². The van der Waals surface area contributed by atoms with Crippen LogP contribution in [0.15, 0.2) is 18.2 Å². The molecule has 27 heavy (non-hydrogen) atoms. The van der Waals surface area contributed by atoms with Crippen molar-refractivity contribution in [1.29, 1.82) is 0 Å². The van der Waals surface area contributed by atoms with Gasteiger partial charge in [-0.25, -0.2) is 0 Å². The zero-order valence-electron chi connectivity index (χ0n) is 17.5. The summed E-state index contributed by atoms with van der Waals surface area (Å²) >= 11 is 0. The Morgan fingerprint density at radius 2 is 1.89 bits per heavy atom. The second-order valence-electron chi connectivity index (χ2n) is 7.69. The first-order valence-electron chi connectivity index (χ1n) is 9.86. The molecule has 0 bridgehead atoms. The van der Waals surface area contributed by atoms with Crippen molar-refractivity contribution in [2.24, 2.45) is 0 Å². The number of piperidine rings is 1. The van der Waals surface area contributed by atoms with Crippen molar-refractivity contribution >= 4 is 0 Å². The van der Waals surface area contributed by atoms with E-state index in [1.54, 1.807) is 14.2 Å². The van der Waals surface area contributed by atoms with Crippen molar-refractivity contribution in [3.05, 3.63) is 23.8 Å². The number of nitrogens with zero attached hydrogens (tertiary/aromatic N) is 2. The van der Waals surface area contributed by atoms with Crippen LogP contribution in [0.2, 0.25) is 0 Å². The summed E-state index contributed by atoms with van der Waals surface area (Å²) in [6.07, 6.45) is 2.00. The number of methoxy groups -OCH3 is 2. The minimum Gasteiger partial charge on any atom is -0.493 e. The minimum absolute atomic E-state index is 0.246. The fourth-order valence-corrected chi connectivity index (χ4v) is 3.28. The molecule has 1 aromatic carbocycles. The highest BCUT2D eigenvalue weighted by Crippen LogP contribution is 2.29. The van der Waals surface area contributed by atoms with Gasteiger partial charge in [0.15, 0.2) is 11.5 Å². The van der Waals surface area contributed by atoms with E-state index in [1.165, 1.54) is 5.56 Å². The molecule has 6 nitrogen and oxygen atoms in total. The van der Waals surface area contributed by atoms with E-state index in [-0.39, 0.29) is 6.61 Å². The molecular weight excluding hydrogens is 344 g/mol. The number of hydrogen-bond donors (Lipinski definition) is 1. The molecule has 1 aromatic rings. The smallest absolute Gasteiger partial charge is 0.161 e. The molecule has 0 saturated carbocycles. The number of aliphatic hydroxyl groups excluding tert-OH is 1. The number of ether oxygens (including phenoxy) is 3. The summed E-state index contributed by atoms with van der Waals surface area (Å²) in [5.74, 6) is 1.38. The number of likely N-dealkylation sites (tertiary alicyclic amines) is 1. The lowest BCUT2D eigenvalue weighted by Gasteiger charge is -2.31. The Balaban J connectivity index is 1.92. The third-order valence-corrected chi connectivity index (χ3v) is 5.31. The molecule has 0 unspecified atom stereocenters. The summed E-state index contributed by atoms with van der Waals surface area (Å²) in [6.45, 7) is 8.01. The Labute approximate surface area is 164 Å². The van der Waals surface area contributed by atoms with Gasteiger partial charge < -0.3 is 24.2 Å². The molecule has 1 N–H and O–H groups in total. The summed E-state index contributed by atoms with van der Waals surface area (Å²) < 4.78 is 16.8. The van der Waals surface area contributed by atoms with Gasteiger partial charge in [0.1, 0.15) is 12.7 Å². The maximum atomic E-state index is 10.2. The first-order valence-corrected chi connectivity index (χ1v) is 9.86. The average Bonchev–Trinajstić information content (AvgIpc) is 2.67. The SMILES string of the molecule is COc1ccc(CN2CCC(OC)CC2)cc1OC[C@@H](O)CN(C)C(C)C. The lowest BCUT2D eigenvalue weighted by Crippen LogP contribution is -2.37. The van der Waals surface area contributed by atoms with Crippen LogP contribution in [-0.4, -0.2) is 80.7 Å². The highest BCUT2D eigenvalue weighted by Gasteiger charge is 2.19. The first kappa shape index (κ1) is 22.0. The Kier molecular flexibility index (Phi) is 8.83. The Morgan fingerprint density at radius 3 is 2.48 bits per heavy atom. The van der Waals surface area contributed by atoms with Crippen LogP contribution in [0.5, 0.6) is 11.5 Å². The van der Waals surface area contributed by atoms with E-state index in [0.717, 1.165) is 32.5 Å². The van der Waals surface area contributed by atoms with Crippen molar-refractivity contribution in [1.82, 2.24) is 9.80 Å². The quantitative estimate of drug-likeness (QED) is 0.673. The average molecular weight is 381 g/mol. The van der Waals surface area contributed by atoms with Crippen LogP contribution in [0, 0.1) is 0 Å². The molecule has 0 aliphatic carbocycles. The van der Waals surface area contributed by atoms with Gasteiger partial charge >= 0.3 is 0 Å². The highest BCUT2D eigenvalue weighted by molar-refractivity contribution is 5.43. The third-order valence-electron chi connectivity index (χ3n) is 5.31. The van der Waals surface area contributed by atoms with Crippen LogP contribution >= 0.6 is 0 Å². The largest absolute Gasteiger partial charge is 0.493 e. The van der Waals surface area contributed by atoms with Gasteiger partial charge in [-0.2, -0.15) is 0 Å². The van der Waals surface area contributed by atoms with Crippen LogP contribution < -0.4 is 9.47 Å². The maximum Gasteiger partial charge on any atom is 0.161 e.